The van der Waals surface area contributed by atoms with Crippen LogP contribution in [0.2, 0.25) is 0 Å². The van der Waals surface area contributed by atoms with Gasteiger partial charge in [-0.15, -0.1) is 0 Å². The van der Waals surface area contributed by atoms with Gasteiger partial charge in [-0.2, -0.15) is 9.78 Å². The molecule has 1 aromatic heterocycles. The number of H-pyrrole nitrogens is 1. The fourth-order valence-corrected chi connectivity index (χ4v) is 6.80. The highest BCUT2D eigenvalue weighted by molar-refractivity contribution is 5.86. The van der Waals surface area contributed by atoms with E-state index in [1.54, 1.807) is 6.92 Å². The third kappa shape index (κ3) is 7.82. The monoisotopic (exact) mass is 666 g/mol. The lowest BCUT2D eigenvalue weighted by atomic mass is 9.99. The highest BCUT2D eigenvalue weighted by Crippen LogP contribution is 2.35. The van der Waals surface area contributed by atoms with Gasteiger partial charge in [0.05, 0.1) is 31.3 Å². The zero-order chi connectivity index (χ0) is 34.2. The molecular weight excluding hydrogens is 624 g/mol. The predicted octanol–water partition coefficient (Wildman–Crippen LogP) is 5.77. The molecule has 12 nitrogen and oxygen atoms in total. The first-order valence-corrected chi connectivity index (χ1v) is 16.6. The summed E-state index contributed by atoms with van der Waals surface area (Å²) in [6.45, 7) is 3.11. The first kappa shape index (κ1) is 33.8. The molecule has 0 bridgehead atoms. The molecule has 2 aliphatic rings. The molecule has 6 rings (SSSR count). The molecule has 2 amide bonds. The third-order valence-corrected chi connectivity index (χ3v) is 9.25. The molecular formula is C37H42N6O6. The van der Waals surface area contributed by atoms with Crippen molar-refractivity contribution in [1.29, 1.82) is 0 Å². The average Bonchev–Trinajstić information content (AvgIpc) is 3.90. The summed E-state index contributed by atoms with van der Waals surface area (Å²) in [6, 6.07) is 22.8. The van der Waals surface area contributed by atoms with Crippen molar-refractivity contribution >= 4 is 35.6 Å². The summed E-state index contributed by atoms with van der Waals surface area (Å²) in [7, 11) is 2.78. The number of imidazole rings is 1. The quantitative estimate of drug-likeness (QED) is 0.0830. The number of rotatable bonds is 13. The number of aromatic nitrogens is 2. The van der Waals surface area contributed by atoms with E-state index >= 15 is 0 Å². The highest BCUT2D eigenvalue weighted by Gasteiger charge is 2.36. The van der Waals surface area contributed by atoms with Gasteiger partial charge in [0, 0.05) is 19.1 Å². The summed E-state index contributed by atoms with van der Waals surface area (Å²) in [6.07, 6.45) is 6.72. The molecule has 2 aliphatic heterocycles. The maximum absolute atomic E-state index is 13.9. The largest absolute Gasteiger partial charge is 0.340 e. The molecule has 3 aromatic carbocycles. The van der Waals surface area contributed by atoms with E-state index in [9.17, 15) is 9.59 Å². The van der Waals surface area contributed by atoms with Crippen LogP contribution in [-0.4, -0.2) is 83.8 Å². The Kier molecular flexibility index (Phi) is 11.0. The second-order valence-electron chi connectivity index (χ2n) is 12.3. The Hall–Kier alpha value is -5.07. The van der Waals surface area contributed by atoms with E-state index in [4.69, 9.17) is 14.8 Å². The van der Waals surface area contributed by atoms with Crippen LogP contribution in [0.15, 0.2) is 82.8 Å². The lowest BCUT2D eigenvalue weighted by Crippen LogP contribution is -2.41. The van der Waals surface area contributed by atoms with Gasteiger partial charge in [0.2, 0.25) is 18.7 Å². The third-order valence-electron chi connectivity index (χ3n) is 9.25. The Morgan fingerprint density at radius 2 is 1.57 bits per heavy atom. The first-order valence-electron chi connectivity index (χ1n) is 16.6. The fraction of sp³-hybridized carbons (Fsp3) is 0.378. The number of amides is 2. The van der Waals surface area contributed by atoms with Crippen LogP contribution in [0.1, 0.15) is 61.6 Å². The SMILES string of the molecule is COO/C=N\[C@H](C)C(=O)N1CCC[C@H]1Cc1ccc(-c2ccc3[nH]c([C@@H]4CCCN4C(=O)[C@H](/N=C\OOC)c4ccccc4)nc3c2)cc1. The van der Waals surface area contributed by atoms with Crippen molar-refractivity contribution in [2.45, 2.75) is 63.2 Å². The van der Waals surface area contributed by atoms with Crippen molar-refractivity contribution in [3.8, 4) is 11.1 Å². The van der Waals surface area contributed by atoms with Crippen molar-refractivity contribution in [2.75, 3.05) is 27.3 Å². The van der Waals surface area contributed by atoms with Gasteiger partial charge in [-0.1, -0.05) is 60.7 Å². The Labute approximate surface area is 285 Å². The number of fused-ring (bicyclic) bond motifs is 1. The molecule has 3 heterocycles. The summed E-state index contributed by atoms with van der Waals surface area (Å²) < 4.78 is 0. The molecule has 4 atom stereocenters. The maximum atomic E-state index is 13.9. The number of benzene rings is 3. The van der Waals surface area contributed by atoms with Crippen LogP contribution in [0.4, 0.5) is 0 Å². The van der Waals surface area contributed by atoms with E-state index in [2.05, 4.69) is 61.1 Å². The molecule has 2 fully saturated rings. The summed E-state index contributed by atoms with van der Waals surface area (Å²) in [5.74, 6) is 0.642. The zero-order valence-corrected chi connectivity index (χ0v) is 28.0. The number of nitrogens with one attached hydrogen (secondary N) is 1. The van der Waals surface area contributed by atoms with E-state index in [1.165, 1.54) is 26.2 Å². The summed E-state index contributed by atoms with van der Waals surface area (Å²) in [4.78, 5) is 66.4. The van der Waals surface area contributed by atoms with Gasteiger partial charge in [-0.3, -0.25) is 9.59 Å². The molecule has 0 radical (unpaired) electrons. The number of hydrogen-bond donors (Lipinski definition) is 1. The van der Waals surface area contributed by atoms with Crippen LogP contribution in [0, 0.1) is 0 Å². The van der Waals surface area contributed by atoms with E-state index in [-0.39, 0.29) is 23.9 Å². The standard InChI is InChI=1S/C37H42N6O6/c1-25(38-23-48-46-2)36(44)42-19-7-11-30(42)21-26-13-15-27(16-14-26)29-17-18-31-32(22-29)41-35(40-31)33-12-8-20-43(33)37(45)34(39-24-49-47-3)28-9-5-4-6-10-28/h4-6,9-10,13-18,22-25,30,33-34H,7-8,11-12,19-21H2,1-3H3,(H,40,41)/b38-23-,39-24-/t25-,30+,33+,34-/m1/s1. The summed E-state index contributed by atoms with van der Waals surface area (Å²) >= 11 is 0. The van der Waals surface area contributed by atoms with Crippen molar-refractivity contribution < 1.29 is 29.1 Å². The van der Waals surface area contributed by atoms with Gasteiger partial charge in [-0.25, -0.2) is 15.0 Å². The molecule has 1 N–H and O–H groups in total. The second kappa shape index (κ2) is 15.9. The smallest absolute Gasteiger partial charge is 0.252 e. The normalized spacial score (nSPS) is 19.2. The number of nitrogens with zero attached hydrogens (tertiary/aromatic N) is 5. The lowest BCUT2D eigenvalue weighted by Gasteiger charge is -2.26. The van der Waals surface area contributed by atoms with Crippen LogP contribution >= 0.6 is 0 Å². The number of aromatic amines is 1. The van der Waals surface area contributed by atoms with Crippen LogP contribution in [-0.2, 0) is 35.6 Å². The van der Waals surface area contributed by atoms with Crippen molar-refractivity contribution in [3.05, 3.63) is 89.7 Å². The van der Waals surface area contributed by atoms with Crippen molar-refractivity contribution in [2.24, 2.45) is 9.98 Å². The number of likely N-dealkylation sites (tertiary alicyclic amines) is 2. The van der Waals surface area contributed by atoms with Crippen LogP contribution in [0.3, 0.4) is 0 Å². The van der Waals surface area contributed by atoms with Crippen LogP contribution in [0.5, 0.6) is 0 Å². The van der Waals surface area contributed by atoms with E-state index in [0.29, 0.717) is 6.54 Å². The van der Waals surface area contributed by atoms with Crippen molar-refractivity contribution in [3.63, 3.8) is 0 Å². The average molecular weight is 667 g/mol. The molecule has 256 valence electrons. The van der Waals surface area contributed by atoms with Gasteiger partial charge >= 0.3 is 0 Å². The van der Waals surface area contributed by atoms with Gasteiger partial charge in [0.15, 0.2) is 6.04 Å². The topological polar surface area (TPSA) is 131 Å². The maximum Gasteiger partial charge on any atom is 0.252 e. The number of carbonyl (C=O) groups is 2. The Morgan fingerprint density at radius 3 is 2.33 bits per heavy atom. The number of aliphatic imine (C=N–C) groups is 2. The van der Waals surface area contributed by atoms with Crippen molar-refractivity contribution in [1.82, 2.24) is 19.8 Å². The fourth-order valence-electron chi connectivity index (χ4n) is 6.80. The molecule has 4 aromatic rings. The van der Waals surface area contributed by atoms with Gasteiger partial charge in [-0.05, 0) is 73.4 Å². The van der Waals surface area contributed by atoms with E-state index < -0.39 is 12.1 Å². The lowest BCUT2D eigenvalue weighted by molar-refractivity contribution is -0.188. The highest BCUT2D eigenvalue weighted by atomic mass is 17.2. The minimum absolute atomic E-state index is 0.00645. The Bertz CT molecular complexity index is 1780. The molecule has 0 spiro atoms. The zero-order valence-electron chi connectivity index (χ0n) is 28.0. The van der Waals surface area contributed by atoms with Gasteiger partial charge < -0.3 is 24.6 Å². The van der Waals surface area contributed by atoms with E-state index in [0.717, 1.165) is 78.6 Å². The second-order valence-corrected chi connectivity index (χ2v) is 12.3. The molecule has 0 unspecified atom stereocenters. The minimum atomic E-state index is -0.757. The Balaban J connectivity index is 1.15. The van der Waals surface area contributed by atoms with E-state index in [1.807, 2.05) is 46.2 Å². The molecule has 0 saturated carbocycles. The first-order chi connectivity index (χ1) is 24.0. The number of hydrogen-bond acceptors (Lipinski definition) is 9. The van der Waals surface area contributed by atoms with Gasteiger partial charge in [0.25, 0.3) is 5.91 Å². The van der Waals surface area contributed by atoms with Gasteiger partial charge in [0.1, 0.15) is 11.9 Å². The van der Waals surface area contributed by atoms with Crippen LogP contribution in [0.25, 0.3) is 22.2 Å². The minimum Gasteiger partial charge on any atom is -0.340 e. The predicted molar refractivity (Wildman–Crippen MR) is 185 cm³/mol. The Morgan fingerprint density at radius 1 is 0.878 bits per heavy atom. The summed E-state index contributed by atoms with van der Waals surface area (Å²) in [5, 5.41) is 0. The molecule has 2 saturated heterocycles. The molecule has 49 heavy (non-hydrogen) atoms. The molecule has 12 heteroatoms. The van der Waals surface area contributed by atoms with Crippen LogP contribution < -0.4 is 0 Å². The summed E-state index contributed by atoms with van der Waals surface area (Å²) in [5.41, 5.74) is 5.84. The molecule has 0 aliphatic carbocycles. The number of carbonyl (C=O) groups excluding carboxylic acids is 2.